The Balaban J connectivity index is 2.23. The van der Waals surface area contributed by atoms with E-state index in [1.165, 1.54) is 5.70 Å². The van der Waals surface area contributed by atoms with Gasteiger partial charge in [0.1, 0.15) is 13.2 Å². The van der Waals surface area contributed by atoms with Crippen molar-refractivity contribution in [2.45, 2.75) is 13.1 Å². The zero-order chi connectivity index (χ0) is 6.97. The fourth-order valence-electron chi connectivity index (χ4n) is 1.31. The van der Waals surface area contributed by atoms with Gasteiger partial charge in [-0.2, -0.15) is 4.58 Å². The molecular weight excluding hydrogens is 128 g/mol. The van der Waals surface area contributed by atoms with Crippen LogP contribution >= 0.6 is 0 Å². The fraction of sp³-hybridized carbons (Fsp3) is 0.571. The Morgan fingerprint density at radius 3 is 3.50 bits per heavy atom. The van der Waals surface area contributed by atoms with Gasteiger partial charge in [-0.25, -0.2) is 0 Å². The smallest absolute Gasteiger partial charge is 0.254 e. The van der Waals surface area contributed by atoms with Gasteiger partial charge in [-0.1, -0.05) is 0 Å². The van der Waals surface area contributed by atoms with Crippen LogP contribution in [0.15, 0.2) is 11.9 Å². The van der Waals surface area contributed by atoms with Crippen LogP contribution in [0, 0.1) is 0 Å². The average molecular weight is 139 g/mol. The number of allylic oxidation sites excluding steroid dienone is 1. The molecule has 2 heterocycles. The van der Waals surface area contributed by atoms with Crippen LogP contribution < -0.4 is 5.32 Å². The summed E-state index contributed by atoms with van der Waals surface area (Å²) in [6.45, 7) is 3.58. The summed E-state index contributed by atoms with van der Waals surface area (Å²) in [5, 5.41) is 3.29. The normalized spacial score (nSPS) is 30.3. The molecule has 0 saturated heterocycles. The predicted molar refractivity (Wildman–Crippen MR) is 37.8 cm³/mol. The van der Waals surface area contributed by atoms with Gasteiger partial charge in [0, 0.05) is 0 Å². The lowest BCUT2D eigenvalue weighted by molar-refractivity contribution is -0.504. The van der Waals surface area contributed by atoms with E-state index < -0.39 is 0 Å². The van der Waals surface area contributed by atoms with Gasteiger partial charge < -0.3 is 10.1 Å². The highest BCUT2D eigenvalue weighted by Crippen LogP contribution is 2.06. The Morgan fingerprint density at radius 1 is 1.80 bits per heavy atom. The van der Waals surface area contributed by atoms with Crippen molar-refractivity contribution in [1.29, 1.82) is 0 Å². The van der Waals surface area contributed by atoms with Gasteiger partial charge in [-0.05, 0) is 6.92 Å². The summed E-state index contributed by atoms with van der Waals surface area (Å²) < 4.78 is 7.40. The van der Waals surface area contributed by atoms with Gasteiger partial charge in [0.2, 0.25) is 0 Å². The van der Waals surface area contributed by atoms with Gasteiger partial charge in [0.25, 0.3) is 6.17 Å². The minimum atomic E-state index is 0.355. The standard InChI is InChI=1S/C7H11N2O/c1-6-4-9-2-3-10-5-7(9)8-6/h2,4,7-8H,3,5H2,1H3/q+1. The molecule has 2 aliphatic heterocycles. The molecule has 3 nitrogen and oxygen atoms in total. The molecule has 0 spiro atoms. The van der Waals surface area contributed by atoms with Crippen LogP contribution in [-0.4, -0.2) is 30.2 Å². The second-order valence-corrected chi connectivity index (χ2v) is 2.64. The zero-order valence-electron chi connectivity index (χ0n) is 6.00. The lowest BCUT2D eigenvalue weighted by atomic mass is 10.5. The van der Waals surface area contributed by atoms with Crippen molar-refractivity contribution in [1.82, 2.24) is 5.32 Å². The maximum atomic E-state index is 5.24. The van der Waals surface area contributed by atoms with Crippen LogP contribution in [-0.2, 0) is 4.74 Å². The molecule has 1 unspecified atom stereocenters. The van der Waals surface area contributed by atoms with Crippen molar-refractivity contribution in [3.8, 4) is 0 Å². The molecular formula is C7H11N2O+. The van der Waals surface area contributed by atoms with E-state index in [2.05, 4.69) is 29.2 Å². The summed E-state index contributed by atoms with van der Waals surface area (Å²) in [6.07, 6.45) is 4.51. The van der Waals surface area contributed by atoms with Crippen molar-refractivity contribution in [2.24, 2.45) is 0 Å². The Hall–Kier alpha value is -0.830. The number of hydrogen-bond donors (Lipinski definition) is 1. The highest BCUT2D eigenvalue weighted by Gasteiger charge is 2.28. The second-order valence-electron chi connectivity index (χ2n) is 2.64. The van der Waals surface area contributed by atoms with E-state index in [0.29, 0.717) is 6.17 Å². The predicted octanol–water partition coefficient (Wildman–Crippen LogP) is -0.110. The summed E-state index contributed by atoms with van der Waals surface area (Å²) in [7, 11) is 0. The molecule has 0 saturated carbocycles. The number of nitrogens with one attached hydrogen (secondary N) is 1. The Morgan fingerprint density at radius 2 is 2.70 bits per heavy atom. The van der Waals surface area contributed by atoms with Gasteiger partial charge in [-0.15, -0.1) is 0 Å². The lowest BCUT2D eigenvalue weighted by Gasteiger charge is -2.12. The molecule has 0 aromatic rings. The highest BCUT2D eigenvalue weighted by molar-refractivity contribution is 5.53. The van der Waals surface area contributed by atoms with Gasteiger partial charge >= 0.3 is 0 Å². The van der Waals surface area contributed by atoms with E-state index in [-0.39, 0.29) is 0 Å². The maximum Gasteiger partial charge on any atom is 0.254 e. The highest BCUT2D eigenvalue weighted by atomic mass is 16.5. The molecule has 0 aromatic carbocycles. The van der Waals surface area contributed by atoms with E-state index >= 15 is 0 Å². The zero-order valence-corrected chi connectivity index (χ0v) is 6.00. The molecule has 2 rings (SSSR count). The molecule has 0 aromatic heterocycles. The molecule has 3 heteroatoms. The molecule has 0 fully saturated rings. The molecule has 10 heavy (non-hydrogen) atoms. The summed E-state index contributed by atoms with van der Waals surface area (Å²) in [6, 6.07) is 0. The van der Waals surface area contributed by atoms with Gasteiger partial charge in [0.05, 0.1) is 5.70 Å². The molecule has 1 N–H and O–H groups in total. The lowest BCUT2D eigenvalue weighted by Crippen LogP contribution is -2.39. The van der Waals surface area contributed by atoms with Crippen LogP contribution in [0.25, 0.3) is 0 Å². The van der Waals surface area contributed by atoms with Crippen molar-refractivity contribution < 1.29 is 9.31 Å². The van der Waals surface area contributed by atoms with Crippen LogP contribution in [0.3, 0.4) is 0 Å². The number of fused-ring (bicyclic) bond motifs is 1. The Labute approximate surface area is 60.0 Å². The number of ether oxygens (including phenoxy) is 1. The first-order valence-corrected chi connectivity index (χ1v) is 3.50. The molecule has 1 atom stereocenters. The third-order valence-corrected chi connectivity index (χ3v) is 1.78. The van der Waals surface area contributed by atoms with Gasteiger partial charge in [-0.3, -0.25) is 0 Å². The summed E-state index contributed by atoms with van der Waals surface area (Å²) in [5.41, 5.74) is 1.21. The first-order valence-electron chi connectivity index (χ1n) is 3.50. The van der Waals surface area contributed by atoms with Crippen LogP contribution in [0.5, 0.6) is 0 Å². The third kappa shape index (κ3) is 0.827. The maximum absolute atomic E-state index is 5.24. The quantitative estimate of drug-likeness (QED) is 0.473. The van der Waals surface area contributed by atoms with Crippen LogP contribution in [0.4, 0.5) is 0 Å². The van der Waals surface area contributed by atoms with Crippen molar-refractivity contribution in [3.63, 3.8) is 0 Å². The summed E-state index contributed by atoms with van der Waals surface area (Å²) in [4.78, 5) is 0. The first kappa shape index (κ1) is 5.92. The number of rotatable bonds is 0. The molecule has 54 valence electrons. The third-order valence-electron chi connectivity index (χ3n) is 1.78. The van der Waals surface area contributed by atoms with E-state index in [4.69, 9.17) is 4.74 Å². The largest absolute Gasteiger partial charge is 0.362 e. The summed E-state index contributed by atoms with van der Waals surface area (Å²) >= 11 is 0. The molecule has 0 aliphatic carbocycles. The van der Waals surface area contributed by atoms with E-state index in [1.54, 1.807) is 0 Å². The van der Waals surface area contributed by atoms with Crippen molar-refractivity contribution in [2.75, 3.05) is 13.2 Å². The molecule has 2 aliphatic rings. The van der Waals surface area contributed by atoms with E-state index in [0.717, 1.165) is 13.2 Å². The minimum absolute atomic E-state index is 0.355. The second kappa shape index (κ2) is 2.09. The minimum Gasteiger partial charge on any atom is -0.362 e. The van der Waals surface area contributed by atoms with Crippen molar-refractivity contribution >= 4 is 6.21 Å². The average Bonchev–Trinajstić information content (AvgIpc) is 2.27. The Bertz CT molecular complexity index is 208. The monoisotopic (exact) mass is 139 g/mol. The van der Waals surface area contributed by atoms with Crippen LogP contribution in [0.1, 0.15) is 6.92 Å². The number of nitrogens with zero attached hydrogens (tertiary/aromatic N) is 1. The molecule has 0 amide bonds. The SMILES string of the molecule is CC1=C[N+]2=CCOCC2N1. The van der Waals surface area contributed by atoms with Crippen molar-refractivity contribution in [3.05, 3.63) is 11.9 Å². The van der Waals surface area contributed by atoms with Gasteiger partial charge in [0.15, 0.2) is 12.4 Å². The number of hydrogen-bond acceptors (Lipinski definition) is 2. The van der Waals surface area contributed by atoms with E-state index in [9.17, 15) is 0 Å². The molecule has 0 radical (unpaired) electrons. The topological polar surface area (TPSA) is 24.3 Å². The van der Waals surface area contributed by atoms with Crippen LogP contribution in [0.2, 0.25) is 0 Å². The first-order chi connectivity index (χ1) is 4.86. The Kier molecular flexibility index (Phi) is 1.24. The van der Waals surface area contributed by atoms with E-state index in [1.807, 2.05) is 0 Å². The fourth-order valence-corrected chi connectivity index (χ4v) is 1.31. The summed E-state index contributed by atoms with van der Waals surface area (Å²) in [5.74, 6) is 0. The molecule has 0 bridgehead atoms.